The number of thiophene rings is 1. The highest BCUT2D eigenvalue weighted by atomic mass is 35.5. The molecule has 0 bridgehead atoms. The van der Waals surface area contributed by atoms with Gasteiger partial charge in [-0.25, -0.2) is 14.4 Å². The Kier molecular flexibility index (Phi) is 5.48. The summed E-state index contributed by atoms with van der Waals surface area (Å²) in [6.45, 7) is 0. The summed E-state index contributed by atoms with van der Waals surface area (Å²) in [4.78, 5) is 5.88. The van der Waals surface area contributed by atoms with Crippen molar-refractivity contribution in [3.8, 4) is 17.0 Å². The molecule has 0 spiro atoms. The fraction of sp³-hybridized carbons (Fsp3) is 0.130. The molecular weight excluding hydrogens is 453 g/mol. The monoisotopic (exact) mass is 469 g/mol. The Bertz CT molecular complexity index is 1230. The maximum absolute atomic E-state index is 13.5. The smallest absolute Gasteiger partial charge is 0.207 e. The molecule has 0 radical (unpaired) electrons. The third-order valence-electron chi connectivity index (χ3n) is 5.10. The van der Waals surface area contributed by atoms with E-state index in [4.69, 9.17) is 26.4 Å². The van der Waals surface area contributed by atoms with Crippen LogP contribution in [0.25, 0.3) is 11.3 Å². The van der Waals surface area contributed by atoms with Gasteiger partial charge in [0, 0.05) is 17.4 Å². The normalized spacial score (nSPS) is 15.9. The number of thiazole rings is 1. The van der Waals surface area contributed by atoms with E-state index in [-0.39, 0.29) is 11.9 Å². The number of nitrogens with zero attached hydrogens (tertiary/aromatic N) is 3. The van der Waals surface area contributed by atoms with Crippen LogP contribution in [0, 0.1) is 5.82 Å². The van der Waals surface area contributed by atoms with Crippen LogP contribution in [0.2, 0.25) is 4.34 Å². The van der Waals surface area contributed by atoms with Crippen molar-refractivity contribution in [3.63, 3.8) is 0 Å². The highest BCUT2D eigenvalue weighted by Crippen LogP contribution is 2.40. The molecule has 31 heavy (non-hydrogen) atoms. The van der Waals surface area contributed by atoms with Gasteiger partial charge in [-0.15, -0.1) is 22.7 Å². The summed E-state index contributed by atoms with van der Waals surface area (Å²) in [7, 11) is 1.65. The van der Waals surface area contributed by atoms with Crippen molar-refractivity contribution < 1.29 is 9.13 Å². The SMILES string of the molecule is COc1ccc(-c2csc(N3N=C(c4ccc(Cl)s4)CC3c3ccc(F)cc3)n2)cc1. The molecule has 4 aromatic rings. The van der Waals surface area contributed by atoms with E-state index in [1.807, 2.05) is 58.9 Å². The molecule has 0 aliphatic carbocycles. The van der Waals surface area contributed by atoms with E-state index in [1.165, 1.54) is 34.8 Å². The van der Waals surface area contributed by atoms with Crippen molar-refractivity contribution in [2.45, 2.75) is 12.5 Å². The Balaban J connectivity index is 1.50. The zero-order valence-electron chi connectivity index (χ0n) is 16.5. The number of hydrogen-bond acceptors (Lipinski definition) is 6. The Morgan fingerprint density at radius 1 is 1.06 bits per heavy atom. The lowest BCUT2D eigenvalue weighted by Gasteiger charge is -2.21. The average molecular weight is 470 g/mol. The molecule has 1 unspecified atom stereocenters. The van der Waals surface area contributed by atoms with Crippen LogP contribution < -0.4 is 9.75 Å². The van der Waals surface area contributed by atoms with Crippen LogP contribution in [0.5, 0.6) is 5.75 Å². The first-order valence-corrected chi connectivity index (χ1v) is 11.7. The molecule has 3 heterocycles. The summed E-state index contributed by atoms with van der Waals surface area (Å²) in [5.41, 5.74) is 3.83. The summed E-state index contributed by atoms with van der Waals surface area (Å²) in [5.74, 6) is 0.550. The van der Waals surface area contributed by atoms with Gasteiger partial charge in [0.25, 0.3) is 0 Å². The van der Waals surface area contributed by atoms with Gasteiger partial charge < -0.3 is 4.74 Å². The molecule has 2 aromatic heterocycles. The van der Waals surface area contributed by atoms with Crippen molar-refractivity contribution >= 4 is 45.1 Å². The number of ether oxygens (including phenoxy) is 1. The van der Waals surface area contributed by atoms with Crippen molar-refractivity contribution in [2.75, 3.05) is 12.1 Å². The number of hydrazone groups is 1. The Labute approximate surface area is 192 Å². The minimum absolute atomic E-state index is 0.0636. The highest BCUT2D eigenvalue weighted by molar-refractivity contribution is 7.18. The van der Waals surface area contributed by atoms with Gasteiger partial charge in [0.05, 0.1) is 33.8 Å². The third-order valence-corrected chi connectivity index (χ3v) is 7.21. The molecule has 0 N–H and O–H groups in total. The summed E-state index contributed by atoms with van der Waals surface area (Å²) in [5, 5.41) is 9.64. The molecule has 8 heteroatoms. The zero-order chi connectivity index (χ0) is 21.4. The van der Waals surface area contributed by atoms with Crippen LogP contribution in [0.15, 0.2) is 71.1 Å². The number of benzene rings is 2. The third kappa shape index (κ3) is 4.08. The minimum Gasteiger partial charge on any atom is -0.497 e. The number of anilines is 1. The van der Waals surface area contributed by atoms with E-state index < -0.39 is 0 Å². The van der Waals surface area contributed by atoms with Crippen LogP contribution in [0.3, 0.4) is 0 Å². The quantitative estimate of drug-likeness (QED) is 0.315. The van der Waals surface area contributed by atoms with E-state index in [0.29, 0.717) is 6.42 Å². The fourth-order valence-electron chi connectivity index (χ4n) is 3.51. The molecule has 1 aliphatic rings. The lowest BCUT2D eigenvalue weighted by atomic mass is 10.0. The van der Waals surface area contributed by atoms with Gasteiger partial charge in [-0.05, 0) is 54.1 Å². The van der Waals surface area contributed by atoms with Gasteiger partial charge in [0.15, 0.2) is 0 Å². The molecule has 5 rings (SSSR count). The van der Waals surface area contributed by atoms with Crippen molar-refractivity contribution in [3.05, 3.63) is 86.6 Å². The summed E-state index contributed by atoms with van der Waals surface area (Å²) in [6, 6.07) is 18.2. The van der Waals surface area contributed by atoms with E-state index >= 15 is 0 Å². The number of halogens is 2. The first-order chi connectivity index (χ1) is 15.1. The standard InChI is InChI=1S/C23H17ClFN3OS2/c1-29-17-8-4-14(5-9-17)19-13-30-23(26-19)28-20(15-2-6-16(25)7-3-15)12-18(27-28)21-10-11-22(24)31-21/h2-11,13,20H,12H2,1H3. The van der Waals surface area contributed by atoms with Crippen LogP contribution in [-0.2, 0) is 0 Å². The van der Waals surface area contributed by atoms with E-state index in [1.54, 1.807) is 7.11 Å². The predicted molar refractivity (Wildman–Crippen MR) is 126 cm³/mol. The number of aromatic nitrogens is 1. The molecule has 0 saturated carbocycles. The van der Waals surface area contributed by atoms with Crippen LogP contribution in [0.4, 0.5) is 9.52 Å². The maximum Gasteiger partial charge on any atom is 0.207 e. The average Bonchev–Trinajstić information content (AvgIpc) is 3.53. The zero-order valence-corrected chi connectivity index (χ0v) is 18.8. The van der Waals surface area contributed by atoms with E-state index in [0.717, 1.165) is 42.6 Å². The lowest BCUT2D eigenvalue weighted by molar-refractivity contribution is 0.415. The topological polar surface area (TPSA) is 37.7 Å². The van der Waals surface area contributed by atoms with Gasteiger partial charge >= 0.3 is 0 Å². The molecule has 2 aromatic carbocycles. The minimum atomic E-state index is -0.254. The van der Waals surface area contributed by atoms with Crippen molar-refractivity contribution in [1.82, 2.24) is 4.98 Å². The maximum atomic E-state index is 13.5. The molecule has 1 aliphatic heterocycles. The molecule has 156 valence electrons. The van der Waals surface area contributed by atoms with Gasteiger partial charge in [0.2, 0.25) is 5.13 Å². The van der Waals surface area contributed by atoms with E-state index in [2.05, 4.69) is 0 Å². The Hall–Kier alpha value is -2.74. The molecule has 0 saturated heterocycles. The second-order valence-corrected chi connectivity index (χ2v) is 9.56. The number of hydrogen-bond donors (Lipinski definition) is 0. The second kappa shape index (κ2) is 8.42. The lowest BCUT2D eigenvalue weighted by Crippen LogP contribution is -2.18. The largest absolute Gasteiger partial charge is 0.497 e. The summed E-state index contributed by atoms with van der Waals surface area (Å²) < 4.78 is 19.5. The van der Waals surface area contributed by atoms with Gasteiger partial charge in [0.1, 0.15) is 11.6 Å². The van der Waals surface area contributed by atoms with Crippen molar-refractivity contribution in [1.29, 1.82) is 0 Å². The predicted octanol–water partition coefficient (Wildman–Crippen LogP) is 7.03. The Morgan fingerprint density at radius 2 is 1.84 bits per heavy atom. The van der Waals surface area contributed by atoms with Crippen LogP contribution in [-0.4, -0.2) is 17.8 Å². The molecule has 1 atom stereocenters. The molecule has 0 fully saturated rings. The highest BCUT2D eigenvalue weighted by Gasteiger charge is 2.32. The number of rotatable bonds is 5. The van der Waals surface area contributed by atoms with Crippen LogP contribution >= 0.6 is 34.3 Å². The van der Waals surface area contributed by atoms with Gasteiger partial charge in [-0.2, -0.15) is 5.10 Å². The number of methoxy groups -OCH3 is 1. The van der Waals surface area contributed by atoms with E-state index in [9.17, 15) is 4.39 Å². The first-order valence-electron chi connectivity index (χ1n) is 9.58. The molecule has 0 amide bonds. The van der Waals surface area contributed by atoms with Gasteiger partial charge in [-0.1, -0.05) is 23.7 Å². The summed E-state index contributed by atoms with van der Waals surface area (Å²) in [6.07, 6.45) is 0.694. The van der Waals surface area contributed by atoms with Crippen molar-refractivity contribution in [2.24, 2.45) is 5.10 Å². The fourth-order valence-corrected chi connectivity index (χ4v) is 5.38. The van der Waals surface area contributed by atoms with Crippen LogP contribution in [0.1, 0.15) is 22.9 Å². The molecule has 4 nitrogen and oxygen atoms in total. The second-order valence-electron chi connectivity index (χ2n) is 7.01. The first kappa shape index (κ1) is 20.2. The van der Waals surface area contributed by atoms with Gasteiger partial charge in [-0.3, -0.25) is 0 Å². The molecular formula is C23H17ClFN3OS2. The Morgan fingerprint density at radius 3 is 2.52 bits per heavy atom. The summed E-state index contributed by atoms with van der Waals surface area (Å²) >= 11 is 9.19.